The summed E-state index contributed by atoms with van der Waals surface area (Å²) >= 11 is 0. The quantitative estimate of drug-likeness (QED) is 0.307. The molecule has 10 heteroatoms. The second-order valence-corrected chi connectivity index (χ2v) is 4.91. The van der Waals surface area contributed by atoms with Crippen molar-refractivity contribution in [3.8, 4) is 11.8 Å². The van der Waals surface area contributed by atoms with Crippen LogP contribution in [0.25, 0.3) is 0 Å². The van der Waals surface area contributed by atoms with Gasteiger partial charge in [-0.15, -0.1) is 0 Å². The van der Waals surface area contributed by atoms with E-state index in [-0.39, 0.29) is 11.4 Å². The standard InChI is InChI=1S/C13H17N3O7/c14-12(22)9-7(2-1-6(19)3-17)16(5-15-9)13-11(21)10(20)8(4-18)23-13/h5-6,8,10-11,13,17-21H,3-4H2,(H2,14,22)/t6?,8-,10-,11-,13-/m1/s1. The van der Waals surface area contributed by atoms with Crippen molar-refractivity contribution in [2.24, 2.45) is 5.73 Å². The Bertz CT molecular complexity index is 635. The molecule has 1 aliphatic heterocycles. The van der Waals surface area contributed by atoms with Gasteiger partial charge in [-0.2, -0.15) is 0 Å². The number of nitrogens with two attached hydrogens (primary N) is 1. The molecule has 0 aliphatic carbocycles. The van der Waals surface area contributed by atoms with Crippen LogP contribution < -0.4 is 5.73 Å². The first-order valence-corrected chi connectivity index (χ1v) is 6.70. The van der Waals surface area contributed by atoms with E-state index in [1.54, 1.807) is 0 Å². The van der Waals surface area contributed by atoms with Gasteiger partial charge in [-0.3, -0.25) is 9.36 Å². The summed E-state index contributed by atoms with van der Waals surface area (Å²) in [7, 11) is 0. The molecule has 2 heterocycles. The minimum Gasteiger partial charge on any atom is -0.394 e. The highest BCUT2D eigenvalue weighted by molar-refractivity contribution is 5.93. The Kier molecular flexibility index (Phi) is 5.32. The van der Waals surface area contributed by atoms with Crippen molar-refractivity contribution in [1.29, 1.82) is 0 Å². The third-order valence-corrected chi connectivity index (χ3v) is 3.35. The van der Waals surface area contributed by atoms with Gasteiger partial charge < -0.3 is 36.0 Å². The summed E-state index contributed by atoms with van der Waals surface area (Å²) in [4.78, 5) is 15.2. The summed E-state index contributed by atoms with van der Waals surface area (Å²) in [5.41, 5.74) is 4.92. The van der Waals surface area contributed by atoms with Gasteiger partial charge in [-0.1, -0.05) is 5.92 Å². The molecule has 1 aromatic heterocycles. The van der Waals surface area contributed by atoms with Gasteiger partial charge in [0.05, 0.1) is 19.5 Å². The average molecular weight is 327 g/mol. The number of carbonyl (C=O) groups excluding carboxylic acids is 1. The maximum absolute atomic E-state index is 11.4. The normalized spacial score (nSPS) is 28.2. The lowest BCUT2D eigenvalue weighted by Crippen LogP contribution is -2.33. The van der Waals surface area contributed by atoms with Crippen LogP contribution in [-0.2, 0) is 4.74 Å². The van der Waals surface area contributed by atoms with Crippen LogP contribution in [0.3, 0.4) is 0 Å². The van der Waals surface area contributed by atoms with Crippen LogP contribution in [0, 0.1) is 11.8 Å². The van der Waals surface area contributed by atoms with E-state index in [4.69, 9.17) is 20.7 Å². The van der Waals surface area contributed by atoms with Crippen LogP contribution in [-0.4, -0.2) is 78.6 Å². The number of hydrogen-bond donors (Lipinski definition) is 6. The van der Waals surface area contributed by atoms with Crippen molar-refractivity contribution in [2.75, 3.05) is 13.2 Å². The highest BCUT2D eigenvalue weighted by Crippen LogP contribution is 2.30. The number of aliphatic hydroxyl groups is 5. The number of nitrogens with zero attached hydrogens (tertiary/aromatic N) is 2. The molecule has 1 aromatic rings. The minimum absolute atomic E-state index is 0.0557. The zero-order chi connectivity index (χ0) is 17.1. The minimum atomic E-state index is -1.40. The Balaban J connectivity index is 2.43. The van der Waals surface area contributed by atoms with E-state index in [1.165, 1.54) is 4.57 Å². The predicted octanol–water partition coefficient (Wildman–Crippen LogP) is -3.70. The van der Waals surface area contributed by atoms with Crippen molar-refractivity contribution in [2.45, 2.75) is 30.6 Å². The lowest BCUT2D eigenvalue weighted by Gasteiger charge is -2.17. The van der Waals surface area contributed by atoms with Gasteiger partial charge in [0.1, 0.15) is 30.1 Å². The molecule has 126 valence electrons. The Hall–Kier alpha value is -2.00. The highest BCUT2D eigenvalue weighted by atomic mass is 16.6. The molecular formula is C13H17N3O7. The zero-order valence-corrected chi connectivity index (χ0v) is 11.9. The monoisotopic (exact) mass is 327 g/mol. The number of aliphatic hydroxyl groups excluding tert-OH is 5. The van der Waals surface area contributed by atoms with E-state index in [1.807, 2.05) is 0 Å². The summed E-state index contributed by atoms with van der Waals surface area (Å²) in [5.74, 6) is 3.84. The van der Waals surface area contributed by atoms with Crippen molar-refractivity contribution >= 4 is 5.91 Å². The van der Waals surface area contributed by atoms with Gasteiger partial charge in [-0.05, 0) is 5.92 Å². The molecule has 0 radical (unpaired) electrons. The fourth-order valence-electron chi connectivity index (χ4n) is 2.17. The summed E-state index contributed by atoms with van der Waals surface area (Å²) in [6.45, 7) is -1.13. The van der Waals surface area contributed by atoms with Crippen molar-refractivity contribution < 1.29 is 35.1 Å². The number of amides is 1. The van der Waals surface area contributed by atoms with Crippen LogP contribution in [0.2, 0.25) is 0 Å². The molecule has 1 fully saturated rings. The Labute approximate surface area is 130 Å². The van der Waals surface area contributed by atoms with Gasteiger partial charge >= 0.3 is 0 Å². The Morgan fingerprint density at radius 2 is 2.13 bits per heavy atom. The molecule has 7 N–H and O–H groups in total. The average Bonchev–Trinajstić information content (AvgIpc) is 3.07. The third-order valence-electron chi connectivity index (χ3n) is 3.35. The van der Waals surface area contributed by atoms with Crippen molar-refractivity contribution in [3.63, 3.8) is 0 Å². The van der Waals surface area contributed by atoms with Gasteiger partial charge in [0.15, 0.2) is 11.9 Å². The summed E-state index contributed by atoms with van der Waals surface area (Å²) in [6, 6.07) is 0. The number of hydrogen-bond acceptors (Lipinski definition) is 8. The third kappa shape index (κ3) is 3.35. The molecule has 0 aromatic carbocycles. The van der Waals surface area contributed by atoms with Crippen LogP contribution in [0.5, 0.6) is 0 Å². The first-order chi connectivity index (χ1) is 10.9. The van der Waals surface area contributed by atoms with Crippen LogP contribution in [0.15, 0.2) is 6.33 Å². The van der Waals surface area contributed by atoms with E-state index >= 15 is 0 Å². The Morgan fingerprint density at radius 3 is 2.65 bits per heavy atom. The maximum atomic E-state index is 11.4. The van der Waals surface area contributed by atoms with Gasteiger partial charge in [-0.25, -0.2) is 4.98 Å². The zero-order valence-electron chi connectivity index (χ0n) is 11.9. The van der Waals surface area contributed by atoms with Gasteiger partial charge in [0.25, 0.3) is 5.91 Å². The smallest absolute Gasteiger partial charge is 0.270 e. The van der Waals surface area contributed by atoms with Gasteiger partial charge in [0, 0.05) is 0 Å². The Morgan fingerprint density at radius 1 is 1.43 bits per heavy atom. The lowest BCUT2D eigenvalue weighted by atomic mass is 10.1. The molecule has 1 saturated heterocycles. The number of carbonyl (C=O) groups is 1. The molecule has 0 saturated carbocycles. The molecule has 1 unspecified atom stereocenters. The van der Waals surface area contributed by atoms with E-state index < -0.39 is 49.8 Å². The van der Waals surface area contributed by atoms with Gasteiger partial charge in [0.2, 0.25) is 0 Å². The van der Waals surface area contributed by atoms with Crippen molar-refractivity contribution in [3.05, 3.63) is 17.7 Å². The molecule has 23 heavy (non-hydrogen) atoms. The largest absolute Gasteiger partial charge is 0.394 e. The summed E-state index contributed by atoms with van der Waals surface area (Å²) in [6.07, 6.45) is -5.12. The molecule has 1 amide bonds. The second-order valence-electron chi connectivity index (χ2n) is 4.91. The van der Waals surface area contributed by atoms with Crippen molar-refractivity contribution in [1.82, 2.24) is 9.55 Å². The second kappa shape index (κ2) is 7.05. The SMILES string of the molecule is NC(=O)c1ncn([C@@H]2O[C@H](CO)[C@@H](O)[C@H]2O)c1C#CC(O)CO. The maximum Gasteiger partial charge on any atom is 0.270 e. The van der Waals surface area contributed by atoms with Crippen LogP contribution in [0.4, 0.5) is 0 Å². The lowest BCUT2D eigenvalue weighted by molar-refractivity contribution is -0.0531. The molecule has 10 nitrogen and oxygen atoms in total. The number of rotatable bonds is 4. The molecule has 0 spiro atoms. The summed E-state index contributed by atoms with van der Waals surface area (Å²) < 4.78 is 6.50. The molecular weight excluding hydrogens is 310 g/mol. The summed E-state index contributed by atoms with van der Waals surface area (Å²) in [5, 5.41) is 47.0. The van der Waals surface area contributed by atoms with E-state index in [0.29, 0.717) is 0 Å². The first-order valence-electron chi connectivity index (χ1n) is 6.70. The number of imidazole rings is 1. The molecule has 5 atom stereocenters. The molecule has 0 bridgehead atoms. The topological polar surface area (TPSA) is 171 Å². The fraction of sp³-hybridized carbons (Fsp3) is 0.538. The number of ether oxygens (including phenoxy) is 1. The first kappa shape index (κ1) is 17.4. The predicted molar refractivity (Wildman–Crippen MR) is 73.7 cm³/mol. The number of primary amides is 1. The van der Waals surface area contributed by atoms with E-state index in [0.717, 1.165) is 6.33 Å². The van der Waals surface area contributed by atoms with E-state index in [2.05, 4.69) is 16.8 Å². The fourth-order valence-corrected chi connectivity index (χ4v) is 2.17. The molecule has 1 aliphatic rings. The van der Waals surface area contributed by atoms with Crippen LogP contribution in [0.1, 0.15) is 22.4 Å². The van der Waals surface area contributed by atoms with Crippen LogP contribution >= 0.6 is 0 Å². The number of aromatic nitrogens is 2. The van der Waals surface area contributed by atoms with E-state index in [9.17, 15) is 20.1 Å². The molecule has 2 rings (SSSR count). The highest BCUT2D eigenvalue weighted by Gasteiger charge is 2.44.